The quantitative estimate of drug-likeness (QED) is 0.295. The number of hydrogen-bond donors (Lipinski definition) is 2. The van der Waals surface area contributed by atoms with E-state index in [1.54, 1.807) is 61.7 Å². The van der Waals surface area contributed by atoms with E-state index in [9.17, 15) is 9.59 Å². The lowest BCUT2D eigenvalue weighted by Crippen LogP contribution is -2.41. The molecule has 34 heavy (non-hydrogen) atoms. The van der Waals surface area contributed by atoms with Crippen LogP contribution in [-0.4, -0.2) is 25.5 Å². The van der Waals surface area contributed by atoms with Gasteiger partial charge in [0.05, 0.1) is 13.7 Å². The molecule has 0 bridgehead atoms. The Morgan fingerprint density at radius 1 is 0.824 bits per heavy atom. The van der Waals surface area contributed by atoms with Crippen LogP contribution in [0.5, 0.6) is 11.5 Å². The molecule has 3 aromatic carbocycles. The normalized spacial score (nSPS) is 10.8. The minimum Gasteiger partial charge on any atom is -0.493 e. The number of rotatable bonds is 9. The summed E-state index contributed by atoms with van der Waals surface area (Å²) in [5.41, 5.74) is 1.56. The van der Waals surface area contributed by atoms with Gasteiger partial charge in [-0.2, -0.15) is 0 Å². The Bertz CT molecular complexity index is 1110. The molecule has 0 spiro atoms. The molecule has 3 rings (SSSR count). The highest BCUT2D eigenvalue weighted by molar-refractivity contribution is 9.10. The molecule has 0 fully saturated rings. The van der Waals surface area contributed by atoms with Gasteiger partial charge < -0.3 is 20.1 Å². The average Bonchev–Trinajstić information content (AvgIpc) is 2.82. The molecule has 0 atom stereocenters. The van der Waals surface area contributed by atoms with Crippen LogP contribution in [0.25, 0.3) is 0 Å². The van der Waals surface area contributed by atoms with Crippen molar-refractivity contribution in [1.29, 1.82) is 0 Å². The summed E-state index contributed by atoms with van der Waals surface area (Å²) in [6.45, 7) is 4.60. The third-order valence-electron chi connectivity index (χ3n) is 4.82. The fraction of sp³-hybridized carbons (Fsp3) is 0.231. The third kappa shape index (κ3) is 7.08. The maximum Gasteiger partial charge on any atom is 0.253 e. The molecule has 2 N–H and O–H groups in total. The molecule has 0 radical (unpaired) electrons. The Labute approximate surface area is 216 Å². The number of hydrogen-bond acceptors (Lipinski definition) is 4. The molecule has 0 aliphatic carbocycles. The van der Waals surface area contributed by atoms with Crippen molar-refractivity contribution < 1.29 is 19.1 Å². The van der Waals surface area contributed by atoms with E-state index in [-0.39, 0.29) is 11.8 Å². The van der Waals surface area contributed by atoms with E-state index in [2.05, 4.69) is 56.3 Å². The van der Waals surface area contributed by atoms with Crippen molar-refractivity contribution in [2.75, 3.05) is 13.7 Å². The summed E-state index contributed by atoms with van der Waals surface area (Å²) < 4.78 is 12.9. The highest BCUT2D eigenvalue weighted by Gasteiger charge is 2.21. The largest absolute Gasteiger partial charge is 0.493 e. The summed E-state index contributed by atoms with van der Waals surface area (Å²) >= 11 is 6.78. The van der Waals surface area contributed by atoms with Crippen LogP contribution in [0.15, 0.2) is 75.7 Å². The van der Waals surface area contributed by atoms with E-state index in [1.807, 2.05) is 12.1 Å². The summed E-state index contributed by atoms with van der Waals surface area (Å²) in [5, 5.41) is 5.84. The average molecular weight is 590 g/mol. The van der Waals surface area contributed by atoms with Crippen LogP contribution in [0, 0.1) is 5.92 Å². The first-order valence-corrected chi connectivity index (χ1v) is 12.3. The highest BCUT2D eigenvalue weighted by atomic mass is 79.9. The zero-order chi connectivity index (χ0) is 24.7. The first-order chi connectivity index (χ1) is 16.3. The van der Waals surface area contributed by atoms with E-state index >= 15 is 0 Å². The molecule has 0 unspecified atom stereocenters. The SMILES string of the molecule is COc1ccc(C(NC(=O)c2cccc(Br)c2)NC(=O)c2cccc(Br)c2)cc1OCC(C)C. The second kappa shape index (κ2) is 12.0. The van der Waals surface area contributed by atoms with E-state index < -0.39 is 6.17 Å². The minimum absolute atomic E-state index is 0.316. The Morgan fingerprint density at radius 3 is 1.85 bits per heavy atom. The van der Waals surface area contributed by atoms with Gasteiger partial charge >= 0.3 is 0 Å². The molecule has 8 heteroatoms. The summed E-state index contributed by atoms with van der Waals surface area (Å²) in [4.78, 5) is 26.1. The highest BCUT2D eigenvalue weighted by Crippen LogP contribution is 2.30. The Balaban J connectivity index is 1.94. The van der Waals surface area contributed by atoms with E-state index in [0.717, 1.165) is 8.95 Å². The number of halogens is 2. The van der Waals surface area contributed by atoms with Crippen molar-refractivity contribution in [3.63, 3.8) is 0 Å². The first kappa shape index (κ1) is 25.8. The monoisotopic (exact) mass is 588 g/mol. The Hall–Kier alpha value is -2.84. The smallest absolute Gasteiger partial charge is 0.253 e. The van der Waals surface area contributed by atoms with Crippen molar-refractivity contribution in [3.05, 3.63) is 92.4 Å². The molecule has 0 heterocycles. The Morgan fingerprint density at radius 2 is 1.38 bits per heavy atom. The van der Waals surface area contributed by atoms with E-state index in [0.29, 0.717) is 40.7 Å². The van der Waals surface area contributed by atoms with Gasteiger partial charge in [0.2, 0.25) is 0 Å². The number of ether oxygens (including phenoxy) is 2. The molecule has 2 amide bonds. The number of carbonyl (C=O) groups is 2. The van der Waals surface area contributed by atoms with Gasteiger partial charge in [0.25, 0.3) is 11.8 Å². The molecule has 0 aromatic heterocycles. The van der Waals surface area contributed by atoms with E-state index in [1.165, 1.54) is 0 Å². The number of nitrogens with one attached hydrogen (secondary N) is 2. The fourth-order valence-corrected chi connectivity index (χ4v) is 3.93. The lowest BCUT2D eigenvalue weighted by Gasteiger charge is -2.22. The number of carbonyl (C=O) groups excluding carboxylic acids is 2. The molecule has 6 nitrogen and oxygen atoms in total. The van der Waals surface area contributed by atoms with Gasteiger partial charge in [0.15, 0.2) is 11.5 Å². The Kier molecular flexibility index (Phi) is 9.12. The van der Waals surface area contributed by atoms with Crippen LogP contribution in [-0.2, 0) is 0 Å². The second-order valence-corrected chi connectivity index (χ2v) is 9.85. The van der Waals surface area contributed by atoms with Gasteiger partial charge in [-0.3, -0.25) is 9.59 Å². The maximum absolute atomic E-state index is 13.0. The van der Waals surface area contributed by atoms with Crippen LogP contribution < -0.4 is 20.1 Å². The standard InChI is InChI=1S/C26H26Br2N2O4/c1-16(2)15-34-23-14-17(10-11-22(23)33-3)24(29-25(31)18-6-4-8-20(27)12-18)30-26(32)19-7-5-9-21(28)13-19/h4-14,16,24H,15H2,1-3H3,(H,29,31)(H,30,32). The molecular formula is C26H26Br2N2O4. The molecular weight excluding hydrogens is 564 g/mol. The van der Waals surface area contributed by atoms with Crippen LogP contribution in [0.2, 0.25) is 0 Å². The predicted molar refractivity (Wildman–Crippen MR) is 139 cm³/mol. The number of benzene rings is 3. The zero-order valence-corrected chi connectivity index (χ0v) is 22.3. The van der Waals surface area contributed by atoms with Gasteiger partial charge in [0.1, 0.15) is 6.17 Å². The van der Waals surface area contributed by atoms with Crippen molar-refractivity contribution >= 4 is 43.7 Å². The molecule has 178 valence electrons. The van der Waals surface area contributed by atoms with Gasteiger partial charge in [-0.05, 0) is 60.0 Å². The summed E-state index contributed by atoms with van der Waals surface area (Å²) in [6.07, 6.45) is -0.815. The minimum atomic E-state index is -0.815. The van der Waals surface area contributed by atoms with Crippen molar-refractivity contribution in [2.45, 2.75) is 20.0 Å². The molecule has 0 saturated carbocycles. The number of amides is 2. The molecule has 0 aliphatic rings. The van der Waals surface area contributed by atoms with Gasteiger partial charge in [0, 0.05) is 20.1 Å². The lowest BCUT2D eigenvalue weighted by molar-refractivity contribution is 0.0883. The molecule has 0 aliphatic heterocycles. The van der Waals surface area contributed by atoms with Crippen LogP contribution in [0.3, 0.4) is 0 Å². The summed E-state index contributed by atoms with van der Waals surface area (Å²) in [7, 11) is 1.57. The third-order valence-corrected chi connectivity index (χ3v) is 5.80. The van der Waals surface area contributed by atoms with Crippen LogP contribution >= 0.6 is 31.9 Å². The zero-order valence-electron chi connectivity index (χ0n) is 19.1. The molecule has 3 aromatic rings. The predicted octanol–water partition coefficient (Wildman–Crippen LogP) is 6.11. The van der Waals surface area contributed by atoms with Gasteiger partial charge in [-0.15, -0.1) is 0 Å². The van der Waals surface area contributed by atoms with E-state index in [4.69, 9.17) is 9.47 Å². The molecule has 0 saturated heterocycles. The van der Waals surface area contributed by atoms with Crippen molar-refractivity contribution in [1.82, 2.24) is 10.6 Å². The summed E-state index contributed by atoms with van der Waals surface area (Å²) in [5.74, 6) is 0.756. The van der Waals surface area contributed by atoms with Gasteiger partial charge in [-0.25, -0.2) is 0 Å². The lowest BCUT2D eigenvalue weighted by atomic mass is 10.1. The van der Waals surface area contributed by atoms with Gasteiger partial charge in [-0.1, -0.05) is 63.9 Å². The topological polar surface area (TPSA) is 76.7 Å². The number of methoxy groups -OCH3 is 1. The van der Waals surface area contributed by atoms with Crippen LogP contribution in [0.1, 0.15) is 46.3 Å². The first-order valence-electron chi connectivity index (χ1n) is 10.7. The fourth-order valence-electron chi connectivity index (χ4n) is 3.13. The van der Waals surface area contributed by atoms with Crippen molar-refractivity contribution in [3.8, 4) is 11.5 Å². The second-order valence-electron chi connectivity index (χ2n) is 8.02. The maximum atomic E-state index is 13.0. The summed E-state index contributed by atoms with van der Waals surface area (Å²) in [6, 6.07) is 19.4. The van der Waals surface area contributed by atoms with Crippen molar-refractivity contribution in [2.24, 2.45) is 5.92 Å². The van der Waals surface area contributed by atoms with Crippen LogP contribution in [0.4, 0.5) is 0 Å².